The summed E-state index contributed by atoms with van der Waals surface area (Å²) in [4.78, 5) is 90.7. The Labute approximate surface area is 650 Å². The molecule has 14 rings (SSSR count). The molecule has 4 aromatic carbocycles. The number of ether oxygens (including phenoxy) is 2. The number of fused-ring (bicyclic) bond motifs is 2. The van der Waals surface area contributed by atoms with E-state index in [1.807, 2.05) is 83.3 Å². The van der Waals surface area contributed by atoms with Gasteiger partial charge < -0.3 is 56.5 Å². The van der Waals surface area contributed by atoms with Gasteiger partial charge in [-0.3, -0.25) is 28.9 Å². The number of anilines is 2. The van der Waals surface area contributed by atoms with E-state index in [0.29, 0.717) is 64.5 Å². The number of aryl methyl sites for hydroxylation is 4. The smallest absolute Gasteiger partial charge is 0.270 e. The van der Waals surface area contributed by atoms with Crippen molar-refractivity contribution >= 4 is 63.4 Å². The topological polar surface area (TPSA) is 285 Å². The number of carbonyl (C=O) groups is 5. The molecule has 0 radical (unpaired) electrons. The zero-order chi connectivity index (χ0) is 77.4. The summed E-state index contributed by atoms with van der Waals surface area (Å²) in [5.74, 6) is -1.49. The van der Waals surface area contributed by atoms with Crippen molar-refractivity contribution in [3.05, 3.63) is 213 Å². The molecular formula is C86H106N18O7. The van der Waals surface area contributed by atoms with Gasteiger partial charge in [0.25, 0.3) is 23.6 Å². The number of likely N-dealkylation sites (N-methyl/N-ethyl adjacent to an activating group) is 2. The van der Waals surface area contributed by atoms with E-state index in [4.69, 9.17) is 19.4 Å². The van der Waals surface area contributed by atoms with E-state index in [9.17, 15) is 24.0 Å². The van der Waals surface area contributed by atoms with Gasteiger partial charge in [-0.1, -0.05) is 98.8 Å². The van der Waals surface area contributed by atoms with E-state index in [-0.39, 0.29) is 66.3 Å². The van der Waals surface area contributed by atoms with Crippen LogP contribution in [-0.4, -0.2) is 189 Å². The van der Waals surface area contributed by atoms with E-state index in [1.54, 1.807) is 42.5 Å². The van der Waals surface area contributed by atoms with E-state index in [1.165, 1.54) is 38.0 Å². The lowest BCUT2D eigenvalue weighted by molar-refractivity contribution is 0.0903. The number of benzene rings is 4. The average molecular weight is 1500 g/mol. The van der Waals surface area contributed by atoms with Crippen LogP contribution >= 0.6 is 0 Å². The standard InChI is InChI=1S/C43H53N9O3.C37H39N7O4.C6H14N2/c1-4-37-35(40(47-34-16-22-55-23-17-34)36-28-46-52(5-2)41(36)49-37)27-45-43(54)39-15-8-14-38(48-39)42(53)44-26-30-10-6-12-32(24-30)33-13-7-11-31(25-33)29-51-19-9-18-50(3)20-21-51;1-3-31-29(34(41-28-14-16-48-17-15-28)30-22-40-44(4-2)35(30)43-31)21-39-37(47)33-13-7-12-32(42-33)36(46)38-20-24-8-5-10-26(18-24)27-11-6-9-25(19-27)23-45;1-8-5-2-3-7-4-6-8/h6-8,10-15,24-25,28,34H,4-5,9,16-23,26-27,29H2,1-3H3,(H,44,53)(H,45,54)(H,47,49);5-13,18-19,22-23,28H,3-4,14-17,20-21H2,1-2H3,(H,38,46)(H,39,47)(H,41,43);7H,2-6H2,1H3. The maximum Gasteiger partial charge on any atom is 0.270 e. The van der Waals surface area contributed by atoms with Crippen molar-refractivity contribution in [2.24, 2.45) is 0 Å². The molecule has 4 fully saturated rings. The summed E-state index contributed by atoms with van der Waals surface area (Å²) < 4.78 is 15.0. The van der Waals surface area contributed by atoms with Crippen LogP contribution in [0.3, 0.4) is 0 Å². The van der Waals surface area contributed by atoms with Gasteiger partial charge in [-0.25, -0.2) is 29.3 Å². The monoisotopic (exact) mass is 1500 g/mol. The van der Waals surface area contributed by atoms with Gasteiger partial charge in [0, 0.05) is 139 Å². The van der Waals surface area contributed by atoms with Crippen LogP contribution in [0.5, 0.6) is 0 Å². The molecule has 4 amide bonds. The average Bonchev–Trinajstić information content (AvgIpc) is 1.68. The number of pyridine rings is 4. The Kier molecular flexibility index (Phi) is 28.6. The fraction of sp³-hybridized carbons (Fsp3) is 0.407. The molecule has 0 bridgehead atoms. The minimum atomic E-state index is -0.392. The van der Waals surface area contributed by atoms with Crippen LogP contribution in [0.15, 0.2) is 146 Å². The second-order valence-electron chi connectivity index (χ2n) is 28.7. The summed E-state index contributed by atoms with van der Waals surface area (Å²) in [7, 11) is 4.37. The normalized spacial score (nSPS) is 15.4. The van der Waals surface area contributed by atoms with Crippen molar-refractivity contribution in [1.29, 1.82) is 0 Å². The van der Waals surface area contributed by atoms with Gasteiger partial charge in [0.1, 0.15) is 29.1 Å². The van der Waals surface area contributed by atoms with Crippen molar-refractivity contribution in [3.8, 4) is 22.3 Å². The summed E-state index contributed by atoms with van der Waals surface area (Å²) in [6.45, 7) is 23.7. The summed E-state index contributed by atoms with van der Waals surface area (Å²) in [5.41, 5.74) is 15.7. The van der Waals surface area contributed by atoms with Crippen molar-refractivity contribution in [3.63, 3.8) is 0 Å². The van der Waals surface area contributed by atoms with Crippen LogP contribution in [0, 0.1) is 0 Å². The Morgan fingerprint density at radius 2 is 0.892 bits per heavy atom. The lowest BCUT2D eigenvalue weighted by atomic mass is 10.0. The maximum absolute atomic E-state index is 13.5. The Bertz CT molecular complexity index is 4810. The maximum atomic E-state index is 13.5. The van der Waals surface area contributed by atoms with Crippen molar-refractivity contribution in [2.75, 3.05) is 104 Å². The van der Waals surface area contributed by atoms with Gasteiger partial charge in [-0.2, -0.15) is 10.2 Å². The number of rotatable bonds is 25. The molecule has 7 N–H and O–H groups in total. The number of aldehydes is 1. The molecule has 0 saturated carbocycles. The first-order chi connectivity index (χ1) is 54.2. The quantitative estimate of drug-likeness (QED) is 0.0262. The zero-order valence-electron chi connectivity index (χ0n) is 65.0. The minimum absolute atomic E-state index is 0.142. The van der Waals surface area contributed by atoms with Crippen molar-refractivity contribution in [1.82, 2.24) is 80.8 Å². The van der Waals surface area contributed by atoms with Crippen LogP contribution < -0.4 is 37.2 Å². The van der Waals surface area contributed by atoms with Crippen LogP contribution in [0.4, 0.5) is 11.4 Å². The number of hydrogen-bond acceptors (Lipinski definition) is 19. The Hall–Kier alpha value is -10.7. The van der Waals surface area contributed by atoms with Crippen LogP contribution in [0.25, 0.3) is 44.3 Å². The second kappa shape index (κ2) is 39.8. The third-order valence-corrected chi connectivity index (χ3v) is 20.8. The fourth-order valence-corrected chi connectivity index (χ4v) is 14.5. The molecule has 10 aromatic rings. The van der Waals surface area contributed by atoms with Crippen molar-refractivity contribution < 1.29 is 33.4 Å². The largest absolute Gasteiger partial charge is 0.381 e. The van der Waals surface area contributed by atoms with Gasteiger partial charge >= 0.3 is 0 Å². The first-order valence-electron chi connectivity index (χ1n) is 39.4. The first kappa shape index (κ1) is 79.9. The molecule has 0 spiro atoms. The Morgan fingerprint density at radius 3 is 1.36 bits per heavy atom. The first-order valence-corrected chi connectivity index (χ1v) is 39.4. The zero-order valence-corrected chi connectivity index (χ0v) is 65.0. The van der Waals surface area contributed by atoms with Gasteiger partial charge in [0.15, 0.2) is 11.3 Å². The lowest BCUT2D eigenvalue weighted by Gasteiger charge is -2.26. The highest BCUT2D eigenvalue weighted by molar-refractivity contribution is 5.98. The molecule has 0 atom stereocenters. The molecule has 4 aliphatic heterocycles. The number of amides is 4. The molecule has 0 aliphatic carbocycles. The molecule has 6 aromatic heterocycles. The molecule has 4 aliphatic rings. The highest BCUT2D eigenvalue weighted by Gasteiger charge is 2.26. The van der Waals surface area contributed by atoms with E-state index in [2.05, 4.69) is 143 Å². The molecule has 25 heteroatoms. The van der Waals surface area contributed by atoms with Gasteiger partial charge in [0.2, 0.25) is 0 Å². The summed E-state index contributed by atoms with van der Waals surface area (Å²) in [6, 6.07) is 42.4. The van der Waals surface area contributed by atoms with E-state index in [0.717, 1.165) is 161 Å². The fourth-order valence-electron chi connectivity index (χ4n) is 14.5. The molecule has 4 saturated heterocycles. The summed E-state index contributed by atoms with van der Waals surface area (Å²) in [6.07, 6.45) is 11.9. The number of aromatic nitrogens is 8. The lowest BCUT2D eigenvalue weighted by Crippen LogP contribution is -2.30. The molecular weight excluding hydrogens is 1400 g/mol. The Morgan fingerprint density at radius 1 is 0.468 bits per heavy atom. The minimum Gasteiger partial charge on any atom is -0.381 e. The van der Waals surface area contributed by atoms with Crippen LogP contribution in [0.2, 0.25) is 0 Å². The van der Waals surface area contributed by atoms with Gasteiger partial charge in [-0.05, 0) is 193 Å². The number of hydrogen-bond donors (Lipinski definition) is 7. The second-order valence-corrected chi connectivity index (χ2v) is 28.7. The van der Waals surface area contributed by atoms with Gasteiger partial charge in [0.05, 0.1) is 34.5 Å². The SMILES string of the molecule is CCc1nc2c(cnn2CC)c(NC2CCOCC2)c1CNC(=O)c1cccc(C(=O)NCc2cccc(-c3cccc(C=O)c3)c2)n1.CCc1nc2c(cnn2CC)c(NC2CCOCC2)c1CNC(=O)c1cccc(C(=O)NCc2cccc(-c3cccc(CN4CCCN(C)CC4)c3)c2)n1.CN1CCCNCC1. The summed E-state index contributed by atoms with van der Waals surface area (Å²) >= 11 is 0. The van der Waals surface area contributed by atoms with E-state index < -0.39 is 11.8 Å². The number of carbonyl (C=O) groups excluding carboxylic acids is 5. The molecule has 111 heavy (non-hydrogen) atoms. The van der Waals surface area contributed by atoms with Gasteiger partial charge in [-0.15, -0.1) is 0 Å². The third kappa shape index (κ3) is 21.5. The van der Waals surface area contributed by atoms with Crippen LogP contribution in [-0.2, 0) is 68.1 Å². The number of nitrogens with zero attached hydrogens (tertiary/aromatic N) is 11. The third-order valence-electron chi connectivity index (χ3n) is 20.8. The Balaban J connectivity index is 0.000000188. The van der Waals surface area contributed by atoms with Crippen molar-refractivity contribution in [2.45, 2.75) is 137 Å². The molecule has 0 unspecified atom stereocenters. The predicted molar refractivity (Wildman–Crippen MR) is 435 cm³/mol. The van der Waals surface area contributed by atoms with E-state index >= 15 is 0 Å². The highest BCUT2D eigenvalue weighted by Crippen LogP contribution is 2.34. The molecule has 10 heterocycles. The van der Waals surface area contributed by atoms with Crippen LogP contribution in [0.1, 0.15) is 158 Å². The summed E-state index contributed by atoms with van der Waals surface area (Å²) in [5, 5.41) is 33.8. The predicted octanol–water partition coefficient (Wildman–Crippen LogP) is 10.9. The molecule has 25 nitrogen and oxygen atoms in total. The highest BCUT2D eigenvalue weighted by atomic mass is 16.5. The number of nitrogens with one attached hydrogen (secondary N) is 7. The molecule has 582 valence electrons.